The minimum atomic E-state index is -0.555. The maximum atomic E-state index is 12.3. The molecule has 4 rings (SSSR count). The Hall–Kier alpha value is -3.72. The van der Waals surface area contributed by atoms with Crippen LogP contribution in [-0.4, -0.2) is 35.3 Å². The fraction of sp³-hybridized carbons (Fsp3) is 0.182. The Morgan fingerprint density at radius 2 is 1.74 bits per heavy atom. The highest BCUT2D eigenvalue weighted by molar-refractivity contribution is 7.13. The van der Waals surface area contributed by atoms with Gasteiger partial charge in [0.15, 0.2) is 23.8 Å². The summed E-state index contributed by atoms with van der Waals surface area (Å²) in [5.41, 5.74) is 3.03. The van der Waals surface area contributed by atoms with Crippen molar-refractivity contribution in [2.24, 2.45) is 0 Å². The van der Waals surface area contributed by atoms with Gasteiger partial charge in [-0.1, -0.05) is 35.0 Å². The lowest BCUT2D eigenvalue weighted by Gasteiger charge is -2.07. The molecule has 0 fully saturated rings. The number of aryl methyl sites for hydroxylation is 1. The number of esters is 1. The van der Waals surface area contributed by atoms with Crippen LogP contribution in [0, 0.1) is 6.92 Å². The predicted octanol–water partition coefficient (Wildman–Crippen LogP) is 4.54. The number of hydrogen-bond donors (Lipinski definition) is 0. The number of aromatic nitrogens is 3. The molecule has 0 unspecified atom stereocenters. The lowest BCUT2D eigenvalue weighted by atomic mass is 10.2. The molecule has 0 aliphatic heterocycles. The van der Waals surface area contributed by atoms with E-state index in [9.17, 15) is 4.79 Å². The number of hydrogen-bond acceptors (Lipinski definition) is 9. The second kappa shape index (κ2) is 8.97. The van der Waals surface area contributed by atoms with E-state index in [1.807, 2.05) is 31.2 Å². The molecule has 0 N–H and O–H groups in total. The molecule has 0 spiro atoms. The molecule has 2 heterocycles. The van der Waals surface area contributed by atoms with Crippen LogP contribution in [-0.2, 0) is 11.3 Å². The first-order valence-electron chi connectivity index (χ1n) is 9.32. The standard InChI is InChI=1S/C22H19N3O5S/c1-13-4-6-14(7-5-13)21-23-16(12-31-21)22(26)29-11-19-24-20(25-30-19)15-8-9-17(27-2)18(10-15)28-3/h4-10,12H,11H2,1-3H3. The molecule has 0 bridgehead atoms. The van der Waals surface area contributed by atoms with Crippen molar-refractivity contribution in [3.05, 3.63) is 65.0 Å². The van der Waals surface area contributed by atoms with Gasteiger partial charge in [-0.05, 0) is 25.1 Å². The summed E-state index contributed by atoms with van der Waals surface area (Å²) in [6, 6.07) is 13.2. The van der Waals surface area contributed by atoms with Crippen LogP contribution in [0.2, 0.25) is 0 Å². The number of carbonyl (C=O) groups is 1. The lowest BCUT2D eigenvalue weighted by Crippen LogP contribution is -2.05. The molecular formula is C22H19N3O5S. The van der Waals surface area contributed by atoms with Gasteiger partial charge in [0.2, 0.25) is 5.82 Å². The zero-order valence-electron chi connectivity index (χ0n) is 17.1. The molecule has 8 nitrogen and oxygen atoms in total. The van der Waals surface area contributed by atoms with Crippen molar-refractivity contribution in [2.45, 2.75) is 13.5 Å². The minimum absolute atomic E-state index is 0.156. The third kappa shape index (κ3) is 4.56. The maximum Gasteiger partial charge on any atom is 0.358 e. The molecule has 2 aromatic heterocycles. The third-order valence-electron chi connectivity index (χ3n) is 4.45. The molecule has 0 radical (unpaired) electrons. The highest BCUT2D eigenvalue weighted by atomic mass is 32.1. The number of ether oxygens (including phenoxy) is 3. The van der Waals surface area contributed by atoms with E-state index in [1.54, 1.807) is 37.8 Å². The molecule has 0 saturated heterocycles. The Morgan fingerprint density at radius 1 is 1.00 bits per heavy atom. The predicted molar refractivity (Wildman–Crippen MR) is 114 cm³/mol. The minimum Gasteiger partial charge on any atom is -0.493 e. The number of rotatable bonds is 7. The molecule has 0 atom stereocenters. The average Bonchev–Trinajstić information content (AvgIpc) is 3.48. The third-order valence-corrected chi connectivity index (χ3v) is 5.34. The first-order chi connectivity index (χ1) is 15.1. The number of methoxy groups -OCH3 is 2. The van der Waals surface area contributed by atoms with Crippen LogP contribution >= 0.6 is 11.3 Å². The van der Waals surface area contributed by atoms with Crippen molar-refractivity contribution < 1.29 is 23.5 Å². The van der Waals surface area contributed by atoms with Gasteiger partial charge in [-0.2, -0.15) is 4.98 Å². The van der Waals surface area contributed by atoms with Gasteiger partial charge in [-0.25, -0.2) is 9.78 Å². The van der Waals surface area contributed by atoms with Gasteiger partial charge in [-0.15, -0.1) is 11.3 Å². The zero-order valence-corrected chi connectivity index (χ0v) is 17.9. The van der Waals surface area contributed by atoms with Crippen LogP contribution < -0.4 is 9.47 Å². The van der Waals surface area contributed by atoms with Crippen LogP contribution in [0.25, 0.3) is 22.0 Å². The normalized spacial score (nSPS) is 10.7. The van der Waals surface area contributed by atoms with Gasteiger partial charge in [0.25, 0.3) is 5.89 Å². The molecular weight excluding hydrogens is 418 g/mol. The fourth-order valence-corrected chi connectivity index (χ4v) is 3.60. The van der Waals surface area contributed by atoms with Crippen molar-refractivity contribution in [1.29, 1.82) is 0 Å². The molecule has 0 saturated carbocycles. The summed E-state index contributed by atoms with van der Waals surface area (Å²) in [5.74, 6) is 1.11. The number of carbonyl (C=O) groups excluding carboxylic acids is 1. The molecule has 158 valence electrons. The topological polar surface area (TPSA) is 96.6 Å². The van der Waals surface area contributed by atoms with Crippen LogP contribution in [0.15, 0.2) is 52.4 Å². The SMILES string of the molecule is COc1ccc(-c2noc(COC(=O)c3csc(-c4ccc(C)cc4)n3)n2)cc1OC. The van der Waals surface area contributed by atoms with Gasteiger partial charge >= 0.3 is 5.97 Å². The number of nitrogens with zero attached hydrogens (tertiary/aromatic N) is 3. The summed E-state index contributed by atoms with van der Waals surface area (Å²) in [4.78, 5) is 21.0. The van der Waals surface area contributed by atoms with E-state index in [-0.39, 0.29) is 18.2 Å². The summed E-state index contributed by atoms with van der Waals surface area (Å²) in [6.45, 7) is 1.86. The molecule has 2 aromatic carbocycles. The summed E-state index contributed by atoms with van der Waals surface area (Å²) >= 11 is 1.38. The maximum absolute atomic E-state index is 12.3. The Labute approximate surface area is 182 Å². The smallest absolute Gasteiger partial charge is 0.358 e. The summed E-state index contributed by atoms with van der Waals surface area (Å²) in [6.07, 6.45) is 0. The Balaban J connectivity index is 1.41. The highest BCUT2D eigenvalue weighted by Gasteiger charge is 2.17. The second-order valence-corrected chi connectivity index (χ2v) is 7.42. The van der Waals surface area contributed by atoms with Crippen LogP contribution in [0.5, 0.6) is 11.5 Å². The van der Waals surface area contributed by atoms with Crippen molar-refractivity contribution >= 4 is 17.3 Å². The largest absolute Gasteiger partial charge is 0.493 e. The summed E-state index contributed by atoms with van der Waals surface area (Å²) < 4.78 is 21.0. The number of benzene rings is 2. The van der Waals surface area contributed by atoms with E-state index < -0.39 is 5.97 Å². The van der Waals surface area contributed by atoms with E-state index in [0.717, 1.165) is 16.1 Å². The van der Waals surface area contributed by atoms with Crippen molar-refractivity contribution in [3.63, 3.8) is 0 Å². The fourth-order valence-electron chi connectivity index (χ4n) is 2.80. The van der Waals surface area contributed by atoms with Crippen LogP contribution in [0.3, 0.4) is 0 Å². The quantitative estimate of drug-likeness (QED) is 0.389. The van der Waals surface area contributed by atoms with Crippen LogP contribution in [0.4, 0.5) is 0 Å². The van der Waals surface area contributed by atoms with Gasteiger partial charge in [0.1, 0.15) is 5.01 Å². The van der Waals surface area contributed by atoms with Gasteiger partial charge in [-0.3, -0.25) is 0 Å². The Morgan fingerprint density at radius 3 is 2.48 bits per heavy atom. The summed E-state index contributed by atoms with van der Waals surface area (Å²) in [7, 11) is 3.11. The average molecular weight is 437 g/mol. The molecule has 4 aromatic rings. The summed E-state index contributed by atoms with van der Waals surface area (Å²) in [5, 5.41) is 6.35. The van der Waals surface area contributed by atoms with Crippen molar-refractivity contribution in [3.8, 4) is 33.5 Å². The number of thiazole rings is 1. The van der Waals surface area contributed by atoms with E-state index in [0.29, 0.717) is 22.9 Å². The van der Waals surface area contributed by atoms with Gasteiger partial charge in [0, 0.05) is 16.5 Å². The van der Waals surface area contributed by atoms with Gasteiger partial charge in [0.05, 0.1) is 14.2 Å². The first kappa shape index (κ1) is 20.5. The van der Waals surface area contributed by atoms with Crippen molar-refractivity contribution in [2.75, 3.05) is 14.2 Å². The van der Waals surface area contributed by atoms with E-state index >= 15 is 0 Å². The van der Waals surface area contributed by atoms with Crippen LogP contribution in [0.1, 0.15) is 21.9 Å². The monoisotopic (exact) mass is 437 g/mol. The van der Waals surface area contributed by atoms with E-state index in [2.05, 4.69) is 15.1 Å². The Kier molecular flexibility index (Phi) is 5.94. The van der Waals surface area contributed by atoms with Crippen molar-refractivity contribution in [1.82, 2.24) is 15.1 Å². The molecule has 0 amide bonds. The van der Waals surface area contributed by atoms with Gasteiger partial charge < -0.3 is 18.7 Å². The van der Waals surface area contributed by atoms with E-state index in [4.69, 9.17) is 18.7 Å². The highest BCUT2D eigenvalue weighted by Crippen LogP contribution is 2.31. The van der Waals surface area contributed by atoms with E-state index in [1.165, 1.54) is 11.3 Å². The zero-order chi connectivity index (χ0) is 21.8. The molecule has 9 heteroatoms. The Bertz CT molecular complexity index is 1200. The first-order valence-corrected chi connectivity index (χ1v) is 10.2. The molecule has 31 heavy (non-hydrogen) atoms. The lowest BCUT2D eigenvalue weighted by molar-refractivity contribution is 0.0424. The second-order valence-electron chi connectivity index (χ2n) is 6.56. The molecule has 0 aliphatic rings. The molecule has 0 aliphatic carbocycles.